The predicted octanol–water partition coefficient (Wildman–Crippen LogP) is 0.217. The number of amides is 1. The van der Waals surface area contributed by atoms with E-state index >= 15 is 0 Å². The van der Waals surface area contributed by atoms with Gasteiger partial charge in [0.05, 0.1) is 5.41 Å². The van der Waals surface area contributed by atoms with Crippen LogP contribution in [0.25, 0.3) is 0 Å². The summed E-state index contributed by atoms with van der Waals surface area (Å²) in [5.41, 5.74) is -0.231. The summed E-state index contributed by atoms with van der Waals surface area (Å²) in [7, 11) is 0. The van der Waals surface area contributed by atoms with Gasteiger partial charge in [-0.3, -0.25) is 4.79 Å². The molecule has 0 aromatic carbocycles. The van der Waals surface area contributed by atoms with Gasteiger partial charge < -0.3 is 15.3 Å². The molecule has 2 N–H and O–H groups in total. The van der Waals surface area contributed by atoms with Gasteiger partial charge in [-0.1, -0.05) is 0 Å². The lowest BCUT2D eigenvalue weighted by Gasteiger charge is -2.30. The molecule has 0 aromatic rings. The number of carbonyl (C=O) groups excluding carboxylic acids is 1. The number of nitrogens with one attached hydrogen (secondary N) is 1. The average Bonchev–Trinajstić information content (AvgIpc) is 2.67. The minimum Gasteiger partial charge on any atom is -0.396 e. The first-order valence-corrected chi connectivity index (χ1v) is 5.75. The highest BCUT2D eigenvalue weighted by atomic mass is 16.3. The molecule has 0 aliphatic carbocycles. The minimum absolute atomic E-state index is 0.152. The van der Waals surface area contributed by atoms with Crippen LogP contribution in [0.3, 0.4) is 0 Å². The Morgan fingerprint density at radius 1 is 1.60 bits per heavy atom. The van der Waals surface area contributed by atoms with Crippen LogP contribution >= 0.6 is 0 Å². The lowest BCUT2D eigenvalue weighted by Crippen LogP contribution is -2.44. The summed E-state index contributed by atoms with van der Waals surface area (Å²) in [6.07, 6.45) is 1.59. The molecule has 1 fully saturated rings. The predicted molar refractivity (Wildman–Crippen MR) is 59.6 cm³/mol. The van der Waals surface area contributed by atoms with Crippen LogP contribution in [0.1, 0.15) is 26.7 Å². The van der Waals surface area contributed by atoms with E-state index in [1.54, 1.807) is 0 Å². The highest BCUT2D eigenvalue weighted by Crippen LogP contribution is 2.27. The molecule has 1 aliphatic rings. The third-order valence-electron chi connectivity index (χ3n) is 3.14. The first-order valence-electron chi connectivity index (χ1n) is 5.75. The van der Waals surface area contributed by atoms with Gasteiger partial charge in [0.2, 0.25) is 5.91 Å². The molecule has 1 atom stereocenters. The summed E-state index contributed by atoms with van der Waals surface area (Å²) in [5, 5.41) is 12.0. The van der Waals surface area contributed by atoms with Gasteiger partial charge in [-0.15, -0.1) is 0 Å². The second kappa shape index (κ2) is 5.47. The molecule has 15 heavy (non-hydrogen) atoms. The van der Waals surface area contributed by atoms with Crippen molar-refractivity contribution in [2.24, 2.45) is 5.41 Å². The van der Waals surface area contributed by atoms with Crippen molar-refractivity contribution in [3.05, 3.63) is 0 Å². The zero-order valence-corrected chi connectivity index (χ0v) is 9.75. The lowest BCUT2D eigenvalue weighted by atomic mass is 9.88. The second-order valence-corrected chi connectivity index (χ2v) is 4.45. The zero-order valence-electron chi connectivity index (χ0n) is 9.75. The van der Waals surface area contributed by atoms with Crippen LogP contribution in [-0.4, -0.2) is 48.7 Å². The fourth-order valence-electron chi connectivity index (χ4n) is 2.05. The molecule has 88 valence electrons. The standard InChI is InChI=1S/C11H22N2O2/c1-3-13(7-4-8-14)10(15)11(2)5-6-12-9-11/h12,14H,3-9H2,1-2H3. The number of nitrogens with zero attached hydrogens (tertiary/aromatic N) is 1. The molecule has 1 amide bonds. The van der Waals surface area contributed by atoms with E-state index in [1.165, 1.54) is 0 Å². The van der Waals surface area contributed by atoms with E-state index in [0.29, 0.717) is 13.0 Å². The Balaban J connectivity index is 2.55. The number of aliphatic hydroxyl groups excluding tert-OH is 1. The van der Waals surface area contributed by atoms with Gasteiger partial charge in [-0.25, -0.2) is 0 Å². The summed E-state index contributed by atoms with van der Waals surface area (Å²) in [4.78, 5) is 14.1. The fraction of sp³-hybridized carbons (Fsp3) is 0.909. The van der Waals surface area contributed by atoms with E-state index in [4.69, 9.17) is 5.11 Å². The van der Waals surface area contributed by atoms with E-state index in [0.717, 1.165) is 26.1 Å². The molecule has 1 aliphatic heterocycles. The quantitative estimate of drug-likeness (QED) is 0.688. The third-order valence-corrected chi connectivity index (χ3v) is 3.14. The van der Waals surface area contributed by atoms with Crippen molar-refractivity contribution in [1.82, 2.24) is 10.2 Å². The monoisotopic (exact) mass is 214 g/mol. The highest BCUT2D eigenvalue weighted by molar-refractivity contribution is 5.83. The maximum absolute atomic E-state index is 12.2. The van der Waals surface area contributed by atoms with E-state index in [9.17, 15) is 4.79 Å². The molecule has 1 saturated heterocycles. The van der Waals surface area contributed by atoms with Gasteiger partial charge in [-0.05, 0) is 33.2 Å². The number of hydrogen-bond acceptors (Lipinski definition) is 3. The normalized spacial score (nSPS) is 25.5. The number of carbonyl (C=O) groups is 1. The Kier molecular flexibility index (Phi) is 4.54. The SMILES string of the molecule is CCN(CCCO)C(=O)C1(C)CCNC1. The molecule has 0 radical (unpaired) electrons. The Labute approximate surface area is 91.6 Å². The van der Waals surface area contributed by atoms with Crippen LogP contribution < -0.4 is 5.32 Å². The number of rotatable bonds is 5. The van der Waals surface area contributed by atoms with Gasteiger partial charge >= 0.3 is 0 Å². The third kappa shape index (κ3) is 2.92. The first kappa shape index (κ1) is 12.5. The molecule has 4 heteroatoms. The van der Waals surface area contributed by atoms with Crippen LogP contribution in [-0.2, 0) is 4.79 Å². The molecule has 0 saturated carbocycles. The number of hydrogen-bond donors (Lipinski definition) is 2. The number of aliphatic hydroxyl groups is 1. The second-order valence-electron chi connectivity index (χ2n) is 4.45. The molecule has 1 rings (SSSR count). The summed E-state index contributed by atoms with van der Waals surface area (Å²) >= 11 is 0. The largest absolute Gasteiger partial charge is 0.396 e. The first-order chi connectivity index (χ1) is 7.14. The van der Waals surface area contributed by atoms with Gasteiger partial charge in [0.25, 0.3) is 0 Å². The van der Waals surface area contributed by atoms with Gasteiger partial charge in [0.1, 0.15) is 0 Å². The molecular formula is C11H22N2O2. The summed E-state index contributed by atoms with van der Waals surface area (Å²) < 4.78 is 0. The van der Waals surface area contributed by atoms with Crippen molar-refractivity contribution in [2.45, 2.75) is 26.7 Å². The molecule has 1 unspecified atom stereocenters. The van der Waals surface area contributed by atoms with E-state index in [2.05, 4.69) is 5.32 Å². The lowest BCUT2D eigenvalue weighted by molar-refractivity contribution is -0.140. The van der Waals surface area contributed by atoms with Crippen molar-refractivity contribution in [1.29, 1.82) is 0 Å². The maximum Gasteiger partial charge on any atom is 0.229 e. The van der Waals surface area contributed by atoms with Gasteiger partial charge in [-0.2, -0.15) is 0 Å². The fourth-order valence-corrected chi connectivity index (χ4v) is 2.05. The van der Waals surface area contributed by atoms with Crippen molar-refractivity contribution >= 4 is 5.91 Å². The maximum atomic E-state index is 12.2. The van der Waals surface area contributed by atoms with Crippen LogP contribution in [0.2, 0.25) is 0 Å². The topological polar surface area (TPSA) is 52.6 Å². The summed E-state index contributed by atoms with van der Waals surface area (Å²) in [5.74, 6) is 0.225. The molecule has 0 spiro atoms. The van der Waals surface area contributed by atoms with E-state index in [1.807, 2.05) is 18.7 Å². The smallest absolute Gasteiger partial charge is 0.229 e. The Bertz CT molecular complexity index is 213. The molecule has 4 nitrogen and oxygen atoms in total. The van der Waals surface area contributed by atoms with Crippen LogP contribution in [0.4, 0.5) is 0 Å². The molecule has 0 aromatic heterocycles. The summed E-state index contributed by atoms with van der Waals surface area (Å²) in [6, 6.07) is 0. The Hall–Kier alpha value is -0.610. The van der Waals surface area contributed by atoms with Crippen LogP contribution in [0.5, 0.6) is 0 Å². The summed E-state index contributed by atoms with van der Waals surface area (Å²) in [6.45, 7) is 7.27. The molecule has 0 bridgehead atoms. The van der Waals surface area contributed by atoms with Crippen molar-refractivity contribution in [3.8, 4) is 0 Å². The van der Waals surface area contributed by atoms with Crippen LogP contribution in [0, 0.1) is 5.41 Å². The van der Waals surface area contributed by atoms with E-state index in [-0.39, 0.29) is 17.9 Å². The minimum atomic E-state index is -0.231. The van der Waals surface area contributed by atoms with E-state index < -0.39 is 0 Å². The van der Waals surface area contributed by atoms with Crippen molar-refractivity contribution in [3.63, 3.8) is 0 Å². The molecule has 1 heterocycles. The Morgan fingerprint density at radius 2 is 2.33 bits per heavy atom. The van der Waals surface area contributed by atoms with Crippen molar-refractivity contribution < 1.29 is 9.90 Å². The van der Waals surface area contributed by atoms with Gasteiger partial charge in [0, 0.05) is 26.2 Å². The van der Waals surface area contributed by atoms with Crippen LogP contribution in [0.15, 0.2) is 0 Å². The highest BCUT2D eigenvalue weighted by Gasteiger charge is 2.38. The van der Waals surface area contributed by atoms with Crippen molar-refractivity contribution in [2.75, 3.05) is 32.8 Å². The zero-order chi connectivity index (χ0) is 11.3. The molecular weight excluding hydrogens is 192 g/mol. The Morgan fingerprint density at radius 3 is 2.80 bits per heavy atom. The average molecular weight is 214 g/mol. The van der Waals surface area contributed by atoms with Gasteiger partial charge in [0.15, 0.2) is 0 Å².